The normalized spacial score (nSPS) is 13.4. The largest absolute Gasteiger partial charge is 0.508 e. The smallest absolute Gasteiger partial charge is 0.119 e. The summed E-state index contributed by atoms with van der Waals surface area (Å²) in [7, 11) is 0. The first kappa shape index (κ1) is 28.9. The Kier molecular flexibility index (Phi) is 16.5. The lowest BCUT2D eigenvalue weighted by atomic mass is 9.84. The zero-order valence-corrected chi connectivity index (χ0v) is 21.9. The van der Waals surface area contributed by atoms with E-state index in [1.54, 1.807) is 0 Å². The van der Waals surface area contributed by atoms with Gasteiger partial charge in [-0.2, -0.15) is 0 Å². The van der Waals surface area contributed by atoms with Gasteiger partial charge in [-0.25, -0.2) is 0 Å². The van der Waals surface area contributed by atoms with Gasteiger partial charge in [-0.3, -0.25) is 0 Å². The second-order valence-electron chi connectivity index (χ2n) is 10.1. The van der Waals surface area contributed by atoms with Gasteiger partial charge in [-0.05, 0) is 49.7 Å². The van der Waals surface area contributed by atoms with Crippen LogP contribution < -0.4 is 0 Å². The minimum Gasteiger partial charge on any atom is -0.508 e. The average molecular weight is 447 g/mol. The summed E-state index contributed by atoms with van der Waals surface area (Å²) in [6.07, 6.45) is 22.1. The summed E-state index contributed by atoms with van der Waals surface area (Å²) in [5, 5.41) is 22.0. The van der Waals surface area contributed by atoms with Gasteiger partial charge in [-0.1, -0.05) is 118 Å². The molecule has 32 heavy (non-hydrogen) atoms. The summed E-state index contributed by atoms with van der Waals surface area (Å²) in [6, 6.07) is 3.83. The molecule has 2 heteroatoms. The summed E-state index contributed by atoms with van der Waals surface area (Å²) in [4.78, 5) is 0. The fourth-order valence-corrected chi connectivity index (χ4v) is 5.14. The van der Waals surface area contributed by atoms with Crippen LogP contribution in [0.4, 0.5) is 0 Å². The summed E-state index contributed by atoms with van der Waals surface area (Å²) in [5.74, 6) is 1.54. The standard InChI is InChI=1S/C30H54O2/c1-5-9-12-14-16-18-21-25(19-8-4)27-23-30(32)28(24-29(27)31)26(20-11-7-3)22-17-15-13-10-6-2/h23-26,31-32H,5-22H2,1-4H3. The monoisotopic (exact) mass is 446 g/mol. The lowest BCUT2D eigenvalue weighted by Crippen LogP contribution is -2.04. The van der Waals surface area contributed by atoms with E-state index in [0.717, 1.165) is 43.2 Å². The molecule has 1 aromatic rings. The highest BCUT2D eigenvalue weighted by atomic mass is 16.3. The lowest BCUT2D eigenvalue weighted by Gasteiger charge is -2.23. The Hall–Kier alpha value is -1.18. The highest BCUT2D eigenvalue weighted by Crippen LogP contribution is 2.42. The van der Waals surface area contributed by atoms with Gasteiger partial charge in [0.05, 0.1) is 0 Å². The Morgan fingerprint density at radius 2 is 0.844 bits per heavy atom. The van der Waals surface area contributed by atoms with Crippen LogP contribution in [-0.4, -0.2) is 10.2 Å². The van der Waals surface area contributed by atoms with Crippen molar-refractivity contribution >= 4 is 0 Å². The van der Waals surface area contributed by atoms with Gasteiger partial charge in [0.1, 0.15) is 11.5 Å². The molecule has 0 aliphatic heterocycles. The third-order valence-corrected chi connectivity index (χ3v) is 7.16. The van der Waals surface area contributed by atoms with Crippen molar-refractivity contribution in [3.63, 3.8) is 0 Å². The van der Waals surface area contributed by atoms with Crippen LogP contribution in [-0.2, 0) is 0 Å². The molecule has 0 saturated carbocycles. The van der Waals surface area contributed by atoms with Crippen LogP contribution in [0.15, 0.2) is 12.1 Å². The van der Waals surface area contributed by atoms with Crippen molar-refractivity contribution in [3.8, 4) is 11.5 Å². The molecular formula is C30H54O2. The molecular weight excluding hydrogens is 392 g/mol. The zero-order chi connectivity index (χ0) is 23.6. The number of hydrogen-bond donors (Lipinski definition) is 2. The van der Waals surface area contributed by atoms with Gasteiger partial charge in [0, 0.05) is 11.1 Å². The predicted octanol–water partition coefficient (Wildman–Crippen LogP) is 10.4. The second kappa shape index (κ2) is 18.3. The molecule has 186 valence electrons. The van der Waals surface area contributed by atoms with E-state index in [4.69, 9.17) is 0 Å². The van der Waals surface area contributed by atoms with Crippen LogP contribution >= 0.6 is 0 Å². The molecule has 2 N–H and O–H groups in total. The quantitative estimate of drug-likeness (QED) is 0.154. The van der Waals surface area contributed by atoms with Crippen molar-refractivity contribution in [3.05, 3.63) is 23.3 Å². The van der Waals surface area contributed by atoms with Crippen LogP contribution in [0.1, 0.15) is 166 Å². The van der Waals surface area contributed by atoms with Crippen LogP contribution in [0.2, 0.25) is 0 Å². The van der Waals surface area contributed by atoms with E-state index in [-0.39, 0.29) is 0 Å². The molecule has 0 fully saturated rings. The first-order chi connectivity index (χ1) is 15.6. The fraction of sp³-hybridized carbons (Fsp3) is 0.800. The van der Waals surface area contributed by atoms with Gasteiger partial charge in [0.25, 0.3) is 0 Å². The van der Waals surface area contributed by atoms with E-state index < -0.39 is 0 Å². The molecule has 1 aromatic carbocycles. The molecule has 2 atom stereocenters. The maximum absolute atomic E-state index is 11.0. The summed E-state index contributed by atoms with van der Waals surface area (Å²) in [5.41, 5.74) is 1.95. The lowest BCUT2D eigenvalue weighted by molar-refractivity contribution is 0.419. The number of hydrogen-bond acceptors (Lipinski definition) is 2. The number of benzene rings is 1. The maximum Gasteiger partial charge on any atom is 0.119 e. The topological polar surface area (TPSA) is 40.5 Å². The molecule has 1 rings (SSSR count). The molecule has 2 nitrogen and oxygen atoms in total. The third-order valence-electron chi connectivity index (χ3n) is 7.16. The average Bonchev–Trinajstić information content (AvgIpc) is 2.79. The fourth-order valence-electron chi connectivity index (χ4n) is 5.14. The highest BCUT2D eigenvalue weighted by molar-refractivity contribution is 5.48. The summed E-state index contributed by atoms with van der Waals surface area (Å²) < 4.78 is 0. The Morgan fingerprint density at radius 1 is 0.469 bits per heavy atom. The summed E-state index contributed by atoms with van der Waals surface area (Å²) in [6.45, 7) is 8.97. The maximum atomic E-state index is 11.0. The Labute approximate surface area is 200 Å². The number of aromatic hydroxyl groups is 2. The van der Waals surface area contributed by atoms with Gasteiger partial charge in [0.2, 0.25) is 0 Å². The molecule has 2 unspecified atom stereocenters. The van der Waals surface area contributed by atoms with Crippen LogP contribution in [0.25, 0.3) is 0 Å². The van der Waals surface area contributed by atoms with Crippen LogP contribution in [0, 0.1) is 0 Å². The first-order valence-corrected chi connectivity index (χ1v) is 14.1. The Bertz CT molecular complexity index is 580. The molecule has 0 aliphatic rings. The Morgan fingerprint density at radius 3 is 1.28 bits per heavy atom. The molecule has 0 amide bonds. The molecule has 0 aromatic heterocycles. The van der Waals surface area contributed by atoms with E-state index in [1.807, 2.05) is 12.1 Å². The third kappa shape index (κ3) is 11.1. The minimum atomic E-state index is 0.356. The van der Waals surface area contributed by atoms with Crippen LogP contribution in [0.3, 0.4) is 0 Å². The zero-order valence-electron chi connectivity index (χ0n) is 21.9. The van der Waals surface area contributed by atoms with Crippen molar-refractivity contribution in [1.29, 1.82) is 0 Å². The molecule has 0 spiro atoms. The van der Waals surface area contributed by atoms with E-state index in [2.05, 4.69) is 27.7 Å². The predicted molar refractivity (Wildman–Crippen MR) is 141 cm³/mol. The molecule has 0 heterocycles. The van der Waals surface area contributed by atoms with E-state index in [1.165, 1.54) is 83.5 Å². The van der Waals surface area contributed by atoms with Crippen molar-refractivity contribution < 1.29 is 10.2 Å². The van der Waals surface area contributed by atoms with Crippen molar-refractivity contribution in [1.82, 2.24) is 0 Å². The number of phenols is 2. The molecule has 0 radical (unpaired) electrons. The second-order valence-corrected chi connectivity index (χ2v) is 10.1. The SMILES string of the molecule is CCCCCCCCC(CCC)c1cc(O)c(C(CCCC)CCCCCCC)cc1O. The van der Waals surface area contributed by atoms with E-state index >= 15 is 0 Å². The number of unbranched alkanes of at least 4 members (excludes halogenated alkanes) is 10. The number of rotatable bonds is 20. The van der Waals surface area contributed by atoms with Crippen molar-refractivity contribution in [2.75, 3.05) is 0 Å². The Balaban J connectivity index is 2.85. The van der Waals surface area contributed by atoms with Crippen molar-refractivity contribution in [2.24, 2.45) is 0 Å². The van der Waals surface area contributed by atoms with Crippen LogP contribution in [0.5, 0.6) is 11.5 Å². The molecule has 0 bridgehead atoms. The highest BCUT2D eigenvalue weighted by Gasteiger charge is 2.21. The first-order valence-electron chi connectivity index (χ1n) is 14.1. The molecule has 0 aliphatic carbocycles. The van der Waals surface area contributed by atoms with Gasteiger partial charge in [0.15, 0.2) is 0 Å². The number of phenolic OH excluding ortho intramolecular Hbond substituents is 2. The summed E-state index contributed by atoms with van der Waals surface area (Å²) >= 11 is 0. The van der Waals surface area contributed by atoms with Gasteiger partial charge >= 0.3 is 0 Å². The van der Waals surface area contributed by atoms with E-state index in [0.29, 0.717) is 23.3 Å². The minimum absolute atomic E-state index is 0.356. The van der Waals surface area contributed by atoms with Crippen molar-refractivity contribution in [2.45, 2.75) is 155 Å². The van der Waals surface area contributed by atoms with E-state index in [9.17, 15) is 10.2 Å². The molecule has 0 saturated heterocycles. The van der Waals surface area contributed by atoms with Gasteiger partial charge in [-0.15, -0.1) is 0 Å². The van der Waals surface area contributed by atoms with Gasteiger partial charge < -0.3 is 10.2 Å².